The van der Waals surface area contributed by atoms with Crippen LogP contribution in [0.4, 0.5) is 0 Å². The number of furan rings is 1. The Morgan fingerprint density at radius 1 is 0.914 bits per heavy atom. The van der Waals surface area contributed by atoms with E-state index in [-0.39, 0.29) is 18.3 Å². The summed E-state index contributed by atoms with van der Waals surface area (Å²) in [6.07, 6.45) is 1.94. The largest absolute Gasteiger partial charge is 0.486 e. The fourth-order valence-corrected chi connectivity index (χ4v) is 3.98. The van der Waals surface area contributed by atoms with Crippen LogP contribution in [0.15, 0.2) is 108 Å². The SMILES string of the molecule is O=C(NCc1cn(-c2ccccc2)nc1-c1ccccc1)c1ccc(COc2ccc(I)cc2)o1. The lowest BCUT2D eigenvalue weighted by molar-refractivity contribution is 0.0919. The van der Waals surface area contributed by atoms with Gasteiger partial charge >= 0.3 is 0 Å². The molecule has 0 aliphatic carbocycles. The second kappa shape index (κ2) is 10.6. The van der Waals surface area contributed by atoms with Gasteiger partial charge < -0.3 is 14.5 Å². The summed E-state index contributed by atoms with van der Waals surface area (Å²) in [5.41, 5.74) is 3.66. The predicted octanol–water partition coefficient (Wildman–Crippen LogP) is 6.25. The van der Waals surface area contributed by atoms with E-state index in [1.54, 1.807) is 12.1 Å². The third kappa shape index (κ3) is 5.63. The zero-order valence-electron chi connectivity index (χ0n) is 18.7. The standard InChI is InChI=1S/C28H22IN3O3/c29-22-11-13-24(14-12-22)34-19-25-15-16-26(35-25)28(33)30-17-21-18-32(23-9-5-2-6-10-23)31-27(21)20-7-3-1-4-8-20/h1-16,18H,17,19H2,(H,30,33). The molecule has 35 heavy (non-hydrogen) atoms. The monoisotopic (exact) mass is 575 g/mol. The van der Waals surface area contributed by atoms with Gasteiger partial charge in [0.1, 0.15) is 18.1 Å². The smallest absolute Gasteiger partial charge is 0.287 e. The first kappa shape index (κ1) is 22.9. The minimum Gasteiger partial charge on any atom is -0.486 e. The molecular weight excluding hydrogens is 553 g/mol. The molecule has 5 rings (SSSR count). The Balaban J connectivity index is 1.28. The van der Waals surface area contributed by atoms with E-state index in [0.717, 1.165) is 31.8 Å². The minimum atomic E-state index is -0.294. The van der Waals surface area contributed by atoms with Crippen LogP contribution in [0.2, 0.25) is 0 Å². The highest BCUT2D eigenvalue weighted by molar-refractivity contribution is 14.1. The molecule has 0 fully saturated rings. The molecule has 2 heterocycles. The molecule has 0 saturated carbocycles. The molecular formula is C28H22IN3O3. The molecule has 0 aliphatic rings. The predicted molar refractivity (Wildman–Crippen MR) is 142 cm³/mol. The molecule has 0 atom stereocenters. The first-order valence-electron chi connectivity index (χ1n) is 11.1. The number of nitrogens with zero attached hydrogens (tertiary/aromatic N) is 2. The van der Waals surface area contributed by atoms with Gasteiger partial charge in [0, 0.05) is 27.4 Å². The van der Waals surface area contributed by atoms with Crippen LogP contribution in [0, 0.1) is 3.57 Å². The Morgan fingerprint density at radius 2 is 1.63 bits per heavy atom. The highest BCUT2D eigenvalue weighted by atomic mass is 127. The Hall–Kier alpha value is -3.85. The van der Waals surface area contributed by atoms with Crippen molar-refractivity contribution in [2.45, 2.75) is 13.2 Å². The number of halogens is 1. The highest BCUT2D eigenvalue weighted by Crippen LogP contribution is 2.24. The minimum absolute atomic E-state index is 0.239. The van der Waals surface area contributed by atoms with Gasteiger partial charge in [-0.1, -0.05) is 48.5 Å². The molecule has 1 N–H and O–H groups in total. The second-order valence-electron chi connectivity index (χ2n) is 7.84. The van der Waals surface area contributed by atoms with E-state index >= 15 is 0 Å². The molecule has 0 saturated heterocycles. The van der Waals surface area contributed by atoms with Gasteiger partial charge in [-0.2, -0.15) is 5.10 Å². The molecule has 0 spiro atoms. The Bertz CT molecular complexity index is 1410. The first-order chi connectivity index (χ1) is 17.2. The first-order valence-corrected chi connectivity index (χ1v) is 12.2. The third-order valence-electron chi connectivity index (χ3n) is 5.38. The van der Waals surface area contributed by atoms with Crippen LogP contribution in [-0.2, 0) is 13.2 Å². The number of para-hydroxylation sites is 1. The number of carbonyl (C=O) groups excluding carboxylic acids is 1. The normalized spacial score (nSPS) is 10.8. The summed E-state index contributed by atoms with van der Waals surface area (Å²) in [7, 11) is 0. The lowest BCUT2D eigenvalue weighted by Gasteiger charge is -2.05. The van der Waals surface area contributed by atoms with Gasteiger partial charge in [-0.15, -0.1) is 0 Å². The molecule has 0 unspecified atom stereocenters. The maximum atomic E-state index is 12.8. The number of amides is 1. The molecule has 7 heteroatoms. The summed E-state index contributed by atoms with van der Waals surface area (Å²) in [4.78, 5) is 12.8. The lowest BCUT2D eigenvalue weighted by Crippen LogP contribution is -2.22. The van der Waals surface area contributed by atoms with Crippen LogP contribution < -0.4 is 10.1 Å². The van der Waals surface area contributed by atoms with E-state index in [2.05, 4.69) is 27.9 Å². The summed E-state index contributed by atoms with van der Waals surface area (Å²) in [5, 5.41) is 7.74. The molecule has 5 aromatic rings. The van der Waals surface area contributed by atoms with Gasteiger partial charge in [-0.25, -0.2) is 4.68 Å². The van der Waals surface area contributed by atoms with Crippen molar-refractivity contribution in [3.8, 4) is 22.7 Å². The molecule has 0 bridgehead atoms. The van der Waals surface area contributed by atoms with E-state index < -0.39 is 0 Å². The van der Waals surface area contributed by atoms with Crippen molar-refractivity contribution in [2.24, 2.45) is 0 Å². The van der Waals surface area contributed by atoms with Crippen LogP contribution in [-0.4, -0.2) is 15.7 Å². The van der Waals surface area contributed by atoms with Gasteiger partial charge in [-0.3, -0.25) is 4.79 Å². The van der Waals surface area contributed by atoms with Gasteiger partial charge in [-0.05, 0) is 71.1 Å². The molecule has 2 aromatic heterocycles. The quantitative estimate of drug-likeness (QED) is 0.222. The van der Waals surface area contributed by atoms with Crippen LogP contribution in [0.5, 0.6) is 5.75 Å². The van der Waals surface area contributed by atoms with E-state index in [0.29, 0.717) is 12.3 Å². The second-order valence-corrected chi connectivity index (χ2v) is 9.09. The van der Waals surface area contributed by atoms with Crippen molar-refractivity contribution in [3.63, 3.8) is 0 Å². The molecule has 174 valence electrons. The molecule has 6 nitrogen and oxygen atoms in total. The summed E-state index contributed by atoms with van der Waals surface area (Å²) >= 11 is 2.24. The lowest BCUT2D eigenvalue weighted by atomic mass is 10.1. The zero-order chi connectivity index (χ0) is 24.0. The molecule has 0 radical (unpaired) electrons. The maximum absolute atomic E-state index is 12.8. The number of ether oxygens (including phenoxy) is 1. The fourth-order valence-electron chi connectivity index (χ4n) is 3.62. The van der Waals surface area contributed by atoms with Crippen LogP contribution in [0.3, 0.4) is 0 Å². The average molecular weight is 575 g/mol. The van der Waals surface area contributed by atoms with Crippen molar-refractivity contribution in [1.29, 1.82) is 0 Å². The Labute approximate surface area is 216 Å². The van der Waals surface area contributed by atoms with Gasteiger partial charge in [0.05, 0.1) is 11.4 Å². The van der Waals surface area contributed by atoms with Crippen molar-refractivity contribution >= 4 is 28.5 Å². The summed E-state index contributed by atoms with van der Waals surface area (Å²) in [5.74, 6) is 1.27. The van der Waals surface area contributed by atoms with E-state index in [1.807, 2.05) is 95.8 Å². The molecule has 0 aliphatic heterocycles. The topological polar surface area (TPSA) is 69.3 Å². The van der Waals surface area contributed by atoms with Crippen LogP contribution in [0.25, 0.3) is 16.9 Å². The van der Waals surface area contributed by atoms with Gasteiger partial charge in [0.25, 0.3) is 5.91 Å². The number of hydrogen-bond acceptors (Lipinski definition) is 4. The number of rotatable bonds is 8. The van der Waals surface area contributed by atoms with Crippen molar-refractivity contribution in [3.05, 3.63) is 124 Å². The van der Waals surface area contributed by atoms with Gasteiger partial charge in [0.15, 0.2) is 5.76 Å². The molecule has 3 aromatic carbocycles. The van der Waals surface area contributed by atoms with Crippen LogP contribution >= 0.6 is 22.6 Å². The number of aromatic nitrogens is 2. The van der Waals surface area contributed by atoms with Crippen LogP contribution in [0.1, 0.15) is 21.9 Å². The number of benzene rings is 3. The summed E-state index contributed by atoms with van der Waals surface area (Å²) in [6.45, 7) is 0.557. The van der Waals surface area contributed by atoms with Gasteiger partial charge in [0.2, 0.25) is 0 Å². The third-order valence-corrected chi connectivity index (χ3v) is 6.10. The summed E-state index contributed by atoms with van der Waals surface area (Å²) in [6, 6.07) is 31.0. The zero-order valence-corrected chi connectivity index (χ0v) is 20.9. The van der Waals surface area contributed by atoms with E-state index in [4.69, 9.17) is 14.3 Å². The Morgan fingerprint density at radius 3 is 2.37 bits per heavy atom. The Kier molecular flexibility index (Phi) is 6.94. The highest BCUT2D eigenvalue weighted by Gasteiger charge is 2.16. The summed E-state index contributed by atoms with van der Waals surface area (Å²) < 4.78 is 14.4. The average Bonchev–Trinajstić information content (AvgIpc) is 3.56. The molecule has 1 amide bonds. The number of carbonyl (C=O) groups is 1. The number of hydrogen-bond donors (Lipinski definition) is 1. The van der Waals surface area contributed by atoms with E-state index in [9.17, 15) is 4.79 Å². The van der Waals surface area contributed by atoms with Crippen molar-refractivity contribution in [1.82, 2.24) is 15.1 Å². The van der Waals surface area contributed by atoms with E-state index in [1.165, 1.54) is 0 Å². The van der Waals surface area contributed by atoms with Crippen molar-refractivity contribution < 1.29 is 13.9 Å². The maximum Gasteiger partial charge on any atom is 0.287 e. The fraction of sp³-hybridized carbons (Fsp3) is 0.0714. The number of nitrogens with one attached hydrogen (secondary N) is 1. The van der Waals surface area contributed by atoms with Crippen molar-refractivity contribution in [2.75, 3.05) is 0 Å².